The van der Waals surface area contributed by atoms with Gasteiger partial charge in [0.2, 0.25) is 5.91 Å². The van der Waals surface area contributed by atoms with E-state index in [1.54, 1.807) is 24.1 Å². The molecular formula is C19H18N6O. The van der Waals surface area contributed by atoms with Crippen LogP contribution >= 0.6 is 0 Å². The zero-order chi connectivity index (χ0) is 18.4. The molecule has 0 spiro atoms. The summed E-state index contributed by atoms with van der Waals surface area (Å²) in [6.45, 7) is 0.442. The fourth-order valence-corrected chi connectivity index (χ4v) is 2.73. The Morgan fingerprint density at radius 2 is 1.88 bits per heavy atom. The summed E-state index contributed by atoms with van der Waals surface area (Å²) >= 11 is 0. The molecule has 1 atom stereocenters. The molecule has 3 rings (SSSR count). The Bertz CT molecular complexity index is 884. The van der Waals surface area contributed by atoms with Crippen LogP contribution < -0.4 is 0 Å². The summed E-state index contributed by atoms with van der Waals surface area (Å²) in [5.41, 5.74) is 2.58. The third-order valence-corrected chi connectivity index (χ3v) is 4.12. The van der Waals surface area contributed by atoms with Crippen molar-refractivity contribution in [1.29, 1.82) is 5.26 Å². The second kappa shape index (κ2) is 8.03. The largest absolute Gasteiger partial charge is 0.340 e. The van der Waals surface area contributed by atoms with E-state index in [-0.39, 0.29) is 5.91 Å². The molecule has 0 saturated carbocycles. The number of benzene rings is 2. The van der Waals surface area contributed by atoms with E-state index in [1.165, 1.54) is 11.0 Å². The van der Waals surface area contributed by atoms with E-state index in [0.717, 1.165) is 11.1 Å². The van der Waals surface area contributed by atoms with Crippen molar-refractivity contribution in [3.8, 4) is 6.07 Å². The summed E-state index contributed by atoms with van der Waals surface area (Å²) in [5, 5.41) is 20.1. The van der Waals surface area contributed by atoms with Gasteiger partial charge in [-0.3, -0.25) is 4.79 Å². The molecule has 1 aromatic heterocycles. The average Bonchev–Trinajstić information content (AvgIpc) is 3.21. The third-order valence-electron chi connectivity index (χ3n) is 4.12. The van der Waals surface area contributed by atoms with Gasteiger partial charge in [-0.1, -0.05) is 42.5 Å². The normalized spacial score (nSPS) is 11.5. The number of hydrogen-bond acceptors (Lipinski definition) is 5. The minimum absolute atomic E-state index is 0.0782. The Labute approximate surface area is 151 Å². The Morgan fingerprint density at radius 1 is 1.15 bits per heavy atom. The van der Waals surface area contributed by atoms with Crippen molar-refractivity contribution in [2.75, 3.05) is 7.05 Å². The predicted octanol–water partition coefficient (Wildman–Crippen LogP) is 1.99. The predicted molar refractivity (Wildman–Crippen MR) is 94.6 cm³/mol. The second-order valence-electron chi connectivity index (χ2n) is 6.00. The lowest BCUT2D eigenvalue weighted by Gasteiger charge is -2.23. The van der Waals surface area contributed by atoms with Crippen LogP contribution in [0.2, 0.25) is 0 Å². The summed E-state index contributed by atoms with van der Waals surface area (Å²) < 4.78 is 1.49. The van der Waals surface area contributed by atoms with E-state index in [2.05, 4.69) is 21.6 Å². The Kier molecular flexibility index (Phi) is 5.34. The van der Waals surface area contributed by atoms with E-state index in [0.29, 0.717) is 18.5 Å². The Morgan fingerprint density at radius 3 is 2.50 bits per heavy atom. The van der Waals surface area contributed by atoms with Crippen molar-refractivity contribution < 1.29 is 4.79 Å². The van der Waals surface area contributed by atoms with Crippen LogP contribution in [0, 0.1) is 11.3 Å². The van der Waals surface area contributed by atoms with E-state index in [9.17, 15) is 4.79 Å². The molecule has 26 heavy (non-hydrogen) atoms. The van der Waals surface area contributed by atoms with Gasteiger partial charge in [-0.25, -0.2) is 4.68 Å². The summed E-state index contributed by atoms with van der Waals surface area (Å²) in [6, 6.07) is 18.5. The Balaban J connectivity index is 1.76. The monoisotopic (exact) mass is 346 g/mol. The lowest BCUT2D eigenvalue weighted by atomic mass is 10.0. The van der Waals surface area contributed by atoms with Crippen LogP contribution in [0.4, 0.5) is 0 Å². The third kappa shape index (κ3) is 4.11. The zero-order valence-electron chi connectivity index (χ0n) is 14.4. The van der Waals surface area contributed by atoms with Gasteiger partial charge in [-0.05, 0) is 33.7 Å². The molecule has 0 saturated heterocycles. The van der Waals surface area contributed by atoms with Gasteiger partial charge in [0, 0.05) is 20.0 Å². The van der Waals surface area contributed by atoms with Crippen molar-refractivity contribution in [3.63, 3.8) is 0 Å². The van der Waals surface area contributed by atoms with E-state index < -0.39 is 6.04 Å². The molecule has 3 aromatic rings. The van der Waals surface area contributed by atoms with Crippen molar-refractivity contribution >= 4 is 5.91 Å². The van der Waals surface area contributed by atoms with Gasteiger partial charge in [0.05, 0.1) is 11.6 Å². The number of nitrogens with zero attached hydrogens (tertiary/aromatic N) is 6. The number of nitriles is 1. The van der Waals surface area contributed by atoms with E-state index in [1.807, 2.05) is 42.5 Å². The van der Waals surface area contributed by atoms with Crippen molar-refractivity contribution in [2.24, 2.45) is 0 Å². The Hall–Kier alpha value is -3.53. The van der Waals surface area contributed by atoms with Gasteiger partial charge in [0.1, 0.15) is 12.4 Å². The molecule has 1 unspecified atom stereocenters. The first-order valence-electron chi connectivity index (χ1n) is 8.18. The lowest BCUT2D eigenvalue weighted by molar-refractivity contribution is -0.134. The molecule has 130 valence electrons. The quantitative estimate of drug-likeness (QED) is 0.681. The van der Waals surface area contributed by atoms with Gasteiger partial charge in [-0.15, -0.1) is 5.10 Å². The van der Waals surface area contributed by atoms with Crippen LogP contribution in [0.3, 0.4) is 0 Å². The number of carbonyl (C=O) groups is 1. The molecular weight excluding hydrogens is 328 g/mol. The minimum Gasteiger partial charge on any atom is -0.340 e. The lowest BCUT2D eigenvalue weighted by Crippen LogP contribution is -2.35. The number of aromatic nitrogens is 4. The number of tetrazole rings is 1. The molecule has 0 aliphatic rings. The molecule has 1 amide bonds. The molecule has 7 nitrogen and oxygen atoms in total. The summed E-state index contributed by atoms with van der Waals surface area (Å²) in [6.07, 6.45) is 1.96. The molecule has 0 fully saturated rings. The molecule has 2 aromatic carbocycles. The fourth-order valence-electron chi connectivity index (χ4n) is 2.73. The van der Waals surface area contributed by atoms with E-state index >= 15 is 0 Å². The first-order valence-corrected chi connectivity index (χ1v) is 8.18. The summed E-state index contributed by atoms with van der Waals surface area (Å²) in [5.74, 6) is -0.0782. The summed E-state index contributed by atoms with van der Waals surface area (Å²) in [4.78, 5) is 14.7. The zero-order valence-corrected chi connectivity index (χ0v) is 14.4. The SMILES string of the molecule is CN(Cc1ccc(C#N)cc1)C(=O)C(Cc1ccccc1)n1cnnn1. The minimum atomic E-state index is -0.518. The van der Waals surface area contributed by atoms with Crippen LogP contribution in [0.1, 0.15) is 22.7 Å². The number of rotatable bonds is 6. The topological polar surface area (TPSA) is 87.7 Å². The average molecular weight is 346 g/mol. The number of likely N-dealkylation sites (N-methyl/N-ethyl adjacent to an activating group) is 1. The van der Waals surface area contributed by atoms with Crippen LogP contribution in [0.25, 0.3) is 0 Å². The highest BCUT2D eigenvalue weighted by Gasteiger charge is 2.25. The highest BCUT2D eigenvalue weighted by Crippen LogP contribution is 2.17. The van der Waals surface area contributed by atoms with Gasteiger partial charge < -0.3 is 4.90 Å². The first kappa shape index (κ1) is 17.3. The number of amides is 1. The van der Waals surface area contributed by atoms with Gasteiger partial charge in [0.25, 0.3) is 0 Å². The molecule has 0 radical (unpaired) electrons. The molecule has 0 aliphatic carbocycles. The maximum atomic E-state index is 13.0. The highest BCUT2D eigenvalue weighted by molar-refractivity contribution is 5.80. The fraction of sp³-hybridized carbons (Fsp3) is 0.211. The van der Waals surface area contributed by atoms with Gasteiger partial charge in [0.15, 0.2) is 0 Å². The molecule has 7 heteroatoms. The number of hydrogen-bond donors (Lipinski definition) is 0. The van der Waals surface area contributed by atoms with Gasteiger partial charge in [-0.2, -0.15) is 5.26 Å². The van der Waals surface area contributed by atoms with Crippen molar-refractivity contribution in [3.05, 3.63) is 77.6 Å². The van der Waals surface area contributed by atoms with Crippen LogP contribution in [0.15, 0.2) is 60.9 Å². The highest BCUT2D eigenvalue weighted by atomic mass is 16.2. The van der Waals surface area contributed by atoms with Crippen molar-refractivity contribution in [2.45, 2.75) is 19.0 Å². The second-order valence-corrected chi connectivity index (χ2v) is 6.00. The van der Waals surface area contributed by atoms with Crippen LogP contribution in [0.5, 0.6) is 0 Å². The molecule has 0 aliphatic heterocycles. The number of carbonyl (C=O) groups excluding carboxylic acids is 1. The molecule has 0 N–H and O–H groups in total. The molecule has 0 bridgehead atoms. The van der Waals surface area contributed by atoms with Crippen molar-refractivity contribution in [1.82, 2.24) is 25.1 Å². The van der Waals surface area contributed by atoms with E-state index in [4.69, 9.17) is 5.26 Å². The van der Waals surface area contributed by atoms with Crippen LogP contribution in [-0.4, -0.2) is 38.1 Å². The standard InChI is InChI=1S/C19H18N6O/c1-24(13-17-9-7-16(12-20)8-10-17)19(26)18(25-14-21-22-23-25)11-15-5-3-2-4-6-15/h2-10,14,18H,11,13H2,1H3. The maximum absolute atomic E-state index is 13.0. The maximum Gasteiger partial charge on any atom is 0.247 e. The van der Waals surface area contributed by atoms with Crippen LogP contribution in [-0.2, 0) is 17.8 Å². The smallest absolute Gasteiger partial charge is 0.247 e. The summed E-state index contributed by atoms with van der Waals surface area (Å²) in [7, 11) is 1.75. The van der Waals surface area contributed by atoms with Gasteiger partial charge >= 0.3 is 0 Å². The molecule has 1 heterocycles. The first-order chi connectivity index (χ1) is 12.7.